The van der Waals surface area contributed by atoms with Crippen LogP contribution in [-0.2, 0) is 6.18 Å². The number of hydrogen-bond donors (Lipinski definition) is 0. The largest absolute Gasteiger partial charge is 0.496 e. The van der Waals surface area contributed by atoms with Gasteiger partial charge in [-0.05, 0) is 22.6 Å². The smallest absolute Gasteiger partial charge is 0.433 e. The number of ether oxygens (including phenoxy) is 1. The maximum Gasteiger partial charge on any atom is 0.433 e. The van der Waals surface area contributed by atoms with Crippen LogP contribution in [0.15, 0.2) is 6.07 Å². The van der Waals surface area contributed by atoms with Crippen LogP contribution in [0.5, 0.6) is 5.75 Å². The predicted molar refractivity (Wildman–Crippen MR) is 53.5 cm³/mol. The van der Waals surface area contributed by atoms with Crippen molar-refractivity contribution in [3.05, 3.63) is 21.0 Å². The quantitative estimate of drug-likeness (QED) is 0.598. The number of methoxy groups -OCH3 is 1. The van der Waals surface area contributed by atoms with Crippen molar-refractivity contribution in [1.82, 2.24) is 4.98 Å². The highest BCUT2D eigenvalue weighted by molar-refractivity contribution is 14.1. The number of pyridine rings is 1. The van der Waals surface area contributed by atoms with E-state index in [9.17, 15) is 22.0 Å². The van der Waals surface area contributed by atoms with Gasteiger partial charge in [-0.25, -0.2) is 13.8 Å². The van der Waals surface area contributed by atoms with Crippen molar-refractivity contribution in [2.45, 2.75) is 12.6 Å². The summed E-state index contributed by atoms with van der Waals surface area (Å²) >= 11 is 1.47. The fraction of sp³-hybridized carbons (Fsp3) is 0.375. The summed E-state index contributed by atoms with van der Waals surface area (Å²) in [5, 5.41) is 0. The summed E-state index contributed by atoms with van der Waals surface area (Å²) in [7, 11) is 1.10. The number of nitrogens with zero attached hydrogens (tertiary/aromatic N) is 1. The third-order valence-corrected chi connectivity index (χ3v) is 2.75. The molecule has 0 N–H and O–H groups in total. The molecule has 0 bridgehead atoms. The van der Waals surface area contributed by atoms with Crippen LogP contribution in [0.25, 0.3) is 0 Å². The van der Waals surface area contributed by atoms with Gasteiger partial charge in [0.2, 0.25) is 0 Å². The predicted octanol–water partition coefficient (Wildman–Crippen LogP) is 3.65. The van der Waals surface area contributed by atoms with E-state index in [1.54, 1.807) is 0 Å². The molecule has 0 aliphatic rings. The third-order valence-electron chi connectivity index (χ3n) is 1.67. The summed E-state index contributed by atoms with van der Waals surface area (Å²) in [6.07, 6.45) is -7.86. The van der Waals surface area contributed by atoms with Crippen LogP contribution < -0.4 is 4.74 Å². The average molecular weight is 353 g/mol. The van der Waals surface area contributed by atoms with Crippen LogP contribution in [0.1, 0.15) is 17.8 Å². The van der Waals surface area contributed by atoms with Crippen LogP contribution in [0, 0.1) is 3.57 Å². The molecule has 1 rings (SSSR count). The first-order valence-electron chi connectivity index (χ1n) is 3.87. The van der Waals surface area contributed by atoms with E-state index in [0.717, 1.165) is 7.11 Å². The van der Waals surface area contributed by atoms with Crippen LogP contribution >= 0.6 is 22.6 Å². The van der Waals surface area contributed by atoms with Crippen molar-refractivity contribution in [3.63, 3.8) is 0 Å². The molecule has 0 unspecified atom stereocenters. The fourth-order valence-corrected chi connectivity index (χ4v) is 1.70. The Morgan fingerprint density at radius 3 is 2.31 bits per heavy atom. The Morgan fingerprint density at radius 2 is 1.94 bits per heavy atom. The summed E-state index contributed by atoms with van der Waals surface area (Å²) in [6.45, 7) is 0. The molecule has 0 aliphatic carbocycles. The average Bonchev–Trinajstić information content (AvgIpc) is 2.15. The second-order valence-corrected chi connectivity index (χ2v) is 3.79. The maximum atomic E-state index is 12.4. The Bertz CT molecular complexity index is 393. The molecule has 0 aromatic carbocycles. The number of aromatic nitrogens is 1. The van der Waals surface area contributed by atoms with Crippen molar-refractivity contribution >= 4 is 22.6 Å². The normalized spacial score (nSPS) is 12.0. The van der Waals surface area contributed by atoms with Crippen molar-refractivity contribution in [2.24, 2.45) is 0 Å². The number of hydrogen-bond acceptors (Lipinski definition) is 2. The van der Waals surface area contributed by atoms with Gasteiger partial charge in [0.05, 0.1) is 10.7 Å². The molecule has 0 radical (unpaired) electrons. The minimum Gasteiger partial charge on any atom is -0.496 e. The van der Waals surface area contributed by atoms with E-state index in [1.807, 2.05) is 0 Å². The number of alkyl halides is 5. The molecule has 0 atom stereocenters. The topological polar surface area (TPSA) is 22.1 Å². The van der Waals surface area contributed by atoms with Gasteiger partial charge in [0.25, 0.3) is 6.43 Å². The molecular weight excluding hydrogens is 348 g/mol. The van der Waals surface area contributed by atoms with E-state index < -0.39 is 24.0 Å². The molecule has 90 valence electrons. The highest BCUT2D eigenvalue weighted by Crippen LogP contribution is 2.36. The van der Waals surface area contributed by atoms with Crippen molar-refractivity contribution in [2.75, 3.05) is 7.11 Å². The van der Waals surface area contributed by atoms with Gasteiger partial charge in [-0.2, -0.15) is 13.2 Å². The van der Waals surface area contributed by atoms with Gasteiger partial charge < -0.3 is 4.74 Å². The van der Waals surface area contributed by atoms with Gasteiger partial charge in [0.1, 0.15) is 17.1 Å². The highest BCUT2D eigenvalue weighted by Gasteiger charge is 2.35. The standard InChI is InChI=1S/C8H5F5INO/c1-16-3-2-4(8(11,12)13)15-6(5(3)14)7(9)10/h2,7H,1H3. The van der Waals surface area contributed by atoms with E-state index in [-0.39, 0.29) is 9.32 Å². The SMILES string of the molecule is COc1cc(C(F)(F)F)nc(C(F)F)c1I. The molecular formula is C8H5F5INO. The highest BCUT2D eigenvalue weighted by atomic mass is 127. The lowest BCUT2D eigenvalue weighted by Crippen LogP contribution is -2.11. The lowest BCUT2D eigenvalue weighted by molar-refractivity contribution is -0.141. The maximum absolute atomic E-state index is 12.4. The zero-order valence-electron chi connectivity index (χ0n) is 7.78. The van der Waals surface area contributed by atoms with Gasteiger partial charge in [-0.15, -0.1) is 0 Å². The van der Waals surface area contributed by atoms with E-state index in [0.29, 0.717) is 6.07 Å². The van der Waals surface area contributed by atoms with Crippen LogP contribution in [-0.4, -0.2) is 12.1 Å². The summed E-state index contributed by atoms with van der Waals surface area (Å²) in [5.74, 6) is -0.266. The molecule has 0 amide bonds. The van der Waals surface area contributed by atoms with E-state index in [2.05, 4.69) is 9.72 Å². The first-order valence-corrected chi connectivity index (χ1v) is 4.95. The minimum absolute atomic E-state index is 0.122. The van der Waals surface area contributed by atoms with Gasteiger partial charge in [-0.3, -0.25) is 0 Å². The Hall–Kier alpha value is -0.670. The summed E-state index contributed by atoms with van der Waals surface area (Å²) in [6, 6.07) is 0.591. The molecule has 2 nitrogen and oxygen atoms in total. The number of rotatable bonds is 2. The Labute approximate surface area is 101 Å². The molecule has 0 spiro atoms. The first kappa shape index (κ1) is 13.4. The van der Waals surface area contributed by atoms with E-state index in [1.165, 1.54) is 22.6 Å². The van der Waals surface area contributed by atoms with Crippen LogP contribution in [0.4, 0.5) is 22.0 Å². The Balaban J connectivity index is 3.40. The molecule has 0 aliphatic heterocycles. The second kappa shape index (κ2) is 4.68. The summed E-state index contributed by atoms with van der Waals surface area (Å²) in [5.41, 5.74) is -2.31. The van der Waals surface area contributed by atoms with Crippen molar-refractivity contribution in [1.29, 1.82) is 0 Å². The zero-order chi connectivity index (χ0) is 12.5. The molecule has 8 heteroatoms. The Morgan fingerprint density at radius 1 is 1.38 bits per heavy atom. The minimum atomic E-state index is -4.78. The van der Waals surface area contributed by atoms with Crippen molar-refractivity contribution in [3.8, 4) is 5.75 Å². The van der Waals surface area contributed by atoms with Gasteiger partial charge in [-0.1, -0.05) is 0 Å². The number of halogens is 6. The summed E-state index contributed by atoms with van der Waals surface area (Å²) < 4.78 is 66.3. The lowest BCUT2D eigenvalue weighted by atomic mass is 10.2. The van der Waals surface area contributed by atoms with E-state index >= 15 is 0 Å². The second-order valence-electron chi connectivity index (χ2n) is 2.71. The van der Waals surface area contributed by atoms with Gasteiger partial charge >= 0.3 is 6.18 Å². The van der Waals surface area contributed by atoms with Gasteiger partial charge in [0.15, 0.2) is 0 Å². The zero-order valence-corrected chi connectivity index (χ0v) is 9.94. The Kier molecular flexibility index (Phi) is 3.92. The molecule has 1 heterocycles. The third kappa shape index (κ3) is 2.71. The molecule has 0 saturated carbocycles. The van der Waals surface area contributed by atoms with Crippen LogP contribution in [0.2, 0.25) is 0 Å². The molecule has 1 aromatic rings. The lowest BCUT2D eigenvalue weighted by Gasteiger charge is -2.12. The first-order chi connectivity index (χ1) is 7.27. The molecule has 0 fully saturated rings. The van der Waals surface area contributed by atoms with Gasteiger partial charge in [0, 0.05) is 6.07 Å². The van der Waals surface area contributed by atoms with Crippen molar-refractivity contribution < 1.29 is 26.7 Å². The monoisotopic (exact) mass is 353 g/mol. The van der Waals surface area contributed by atoms with E-state index in [4.69, 9.17) is 0 Å². The molecule has 0 saturated heterocycles. The van der Waals surface area contributed by atoms with Crippen LogP contribution in [0.3, 0.4) is 0 Å². The summed E-state index contributed by atoms with van der Waals surface area (Å²) in [4.78, 5) is 2.89. The molecule has 16 heavy (non-hydrogen) atoms. The fourth-order valence-electron chi connectivity index (χ4n) is 0.963. The molecule has 1 aromatic heterocycles.